The van der Waals surface area contributed by atoms with Crippen LogP contribution in [0.25, 0.3) is 0 Å². The van der Waals surface area contributed by atoms with Crippen LogP contribution >= 0.6 is 11.6 Å². The zero-order valence-electron chi connectivity index (χ0n) is 17.0. The van der Waals surface area contributed by atoms with Gasteiger partial charge in [-0.05, 0) is 69.9 Å². The average molecular weight is 442 g/mol. The molecule has 0 bridgehead atoms. The van der Waals surface area contributed by atoms with E-state index in [4.69, 9.17) is 11.6 Å². The van der Waals surface area contributed by atoms with Gasteiger partial charge in [-0.3, -0.25) is 4.79 Å². The van der Waals surface area contributed by atoms with Gasteiger partial charge in [-0.15, -0.1) is 0 Å². The SMILES string of the molecule is O=C(NCCCN1CCCCC1)c1ccc(Cl)c(S(=O)(=O)N2CCCCCC2)c1. The summed E-state index contributed by atoms with van der Waals surface area (Å²) >= 11 is 6.22. The maximum absolute atomic E-state index is 13.1. The zero-order valence-corrected chi connectivity index (χ0v) is 18.6. The fourth-order valence-electron chi connectivity index (χ4n) is 4.05. The summed E-state index contributed by atoms with van der Waals surface area (Å²) in [5.74, 6) is -0.257. The van der Waals surface area contributed by atoms with Crippen molar-refractivity contribution < 1.29 is 13.2 Å². The molecule has 1 aromatic rings. The number of benzene rings is 1. The standard InChI is InChI=1S/C21H32ClN3O3S/c22-19-10-9-18(21(26)23-11-8-14-24-12-4-3-5-13-24)17-20(19)29(27,28)25-15-6-1-2-7-16-25/h9-10,17H,1-8,11-16H2,(H,23,26). The van der Waals surface area contributed by atoms with Crippen LogP contribution in [0.3, 0.4) is 0 Å². The number of nitrogens with zero attached hydrogens (tertiary/aromatic N) is 2. The number of hydrogen-bond donors (Lipinski definition) is 1. The van der Waals surface area contributed by atoms with E-state index < -0.39 is 10.0 Å². The number of amides is 1. The number of sulfonamides is 1. The zero-order chi connectivity index (χ0) is 20.7. The minimum absolute atomic E-state index is 0.0297. The highest BCUT2D eigenvalue weighted by Gasteiger charge is 2.28. The Morgan fingerprint density at radius 2 is 1.59 bits per heavy atom. The van der Waals surface area contributed by atoms with E-state index in [9.17, 15) is 13.2 Å². The van der Waals surface area contributed by atoms with Crippen LogP contribution in [0.4, 0.5) is 0 Å². The minimum Gasteiger partial charge on any atom is -0.352 e. The normalized spacial score (nSPS) is 19.6. The van der Waals surface area contributed by atoms with Crippen LogP contribution in [-0.2, 0) is 10.0 Å². The molecule has 0 aromatic heterocycles. The summed E-state index contributed by atoms with van der Waals surface area (Å²) in [5, 5.41) is 3.07. The molecule has 0 aliphatic carbocycles. The van der Waals surface area contributed by atoms with E-state index in [2.05, 4.69) is 10.2 Å². The van der Waals surface area contributed by atoms with Gasteiger partial charge in [0, 0.05) is 25.2 Å². The lowest BCUT2D eigenvalue weighted by molar-refractivity contribution is 0.0951. The Hall–Kier alpha value is -1.15. The van der Waals surface area contributed by atoms with Crippen molar-refractivity contribution in [2.24, 2.45) is 0 Å². The van der Waals surface area contributed by atoms with E-state index >= 15 is 0 Å². The third kappa shape index (κ3) is 6.17. The lowest BCUT2D eigenvalue weighted by Crippen LogP contribution is -2.33. The minimum atomic E-state index is -3.70. The second-order valence-electron chi connectivity index (χ2n) is 7.98. The van der Waals surface area contributed by atoms with Gasteiger partial charge in [0.15, 0.2) is 0 Å². The third-order valence-corrected chi connectivity index (χ3v) is 8.14. The number of rotatable bonds is 7. The quantitative estimate of drug-likeness (QED) is 0.657. The Morgan fingerprint density at radius 3 is 2.28 bits per heavy atom. The van der Waals surface area contributed by atoms with Gasteiger partial charge < -0.3 is 10.2 Å². The Labute approximate surface area is 179 Å². The lowest BCUT2D eigenvalue weighted by Gasteiger charge is -2.26. The largest absolute Gasteiger partial charge is 0.352 e. The molecule has 2 aliphatic rings. The molecule has 6 nitrogen and oxygen atoms in total. The predicted molar refractivity (Wildman–Crippen MR) is 116 cm³/mol. The highest BCUT2D eigenvalue weighted by Crippen LogP contribution is 2.27. The molecule has 0 atom stereocenters. The topological polar surface area (TPSA) is 69.7 Å². The van der Waals surface area contributed by atoms with E-state index in [0.717, 1.165) is 51.7 Å². The highest BCUT2D eigenvalue weighted by molar-refractivity contribution is 7.89. The summed E-state index contributed by atoms with van der Waals surface area (Å²) in [7, 11) is -3.70. The number of hydrogen-bond acceptors (Lipinski definition) is 4. The predicted octanol–water partition coefficient (Wildman–Crippen LogP) is 3.51. The molecular formula is C21H32ClN3O3S. The molecule has 8 heteroatoms. The maximum Gasteiger partial charge on any atom is 0.251 e. The number of nitrogens with one attached hydrogen (secondary N) is 1. The van der Waals surface area contributed by atoms with Crippen LogP contribution in [0, 0.1) is 0 Å². The van der Waals surface area contributed by atoms with Crippen molar-refractivity contribution in [1.29, 1.82) is 0 Å². The van der Waals surface area contributed by atoms with E-state index in [0.29, 0.717) is 25.2 Å². The van der Waals surface area contributed by atoms with Crippen LogP contribution in [-0.4, -0.2) is 62.8 Å². The van der Waals surface area contributed by atoms with Gasteiger partial charge >= 0.3 is 0 Å². The monoisotopic (exact) mass is 441 g/mol. The van der Waals surface area contributed by atoms with Gasteiger partial charge in [0.1, 0.15) is 4.90 Å². The molecule has 0 spiro atoms. The first kappa shape index (κ1) is 22.5. The number of likely N-dealkylation sites (tertiary alicyclic amines) is 1. The molecule has 2 fully saturated rings. The fraction of sp³-hybridized carbons (Fsp3) is 0.667. The number of carbonyl (C=O) groups excluding carboxylic acids is 1. The number of piperidine rings is 1. The summed E-state index contributed by atoms with van der Waals surface area (Å²) in [5.41, 5.74) is 0.334. The van der Waals surface area contributed by atoms with Crippen LogP contribution in [0.5, 0.6) is 0 Å². The molecule has 0 radical (unpaired) electrons. The van der Waals surface area contributed by atoms with Gasteiger partial charge in [0.2, 0.25) is 10.0 Å². The van der Waals surface area contributed by atoms with Crippen molar-refractivity contribution in [3.8, 4) is 0 Å². The summed E-state index contributed by atoms with van der Waals surface area (Å²) in [6, 6.07) is 4.52. The Kier molecular flexibility index (Phi) is 8.35. The molecule has 2 aliphatic heterocycles. The van der Waals surface area contributed by atoms with Crippen LogP contribution in [0.1, 0.15) is 61.7 Å². The molecule has 2 heterocycles. The Balaban J connectivity index is 1.60. The fourth-order valence-corrected chi connectivity index (χ4v) is 6.07. The van der Waals surface area contributed by atoms with Gasteiger partial charge in [-0.25, -0.2) is 8.42 Å². The van der Waals surface area contributed by atoms with E-state index in [1.54, 1.807) is 6.07 Å². The second-order valence-corrected chi connectivity index (χ2v) is 10.3. The number of carbonyl (C=O) groups is 1. The molecule has 2 saturated heterocycles. The molecule has 0 saturated carbocycles. The van der Waals surface area contributed by atoms with Crippen molar-refractivity contribution in [3.05, 3.63) is 28.8 Å². The van der Waals surface area contributed by atoms with Crippen molar-refractivity contribution in [1.82, 2.24) is 14.5 Å². The van der Waals surface area contributed by atoms with Crippen LogP contribution < -0.4 is 5.32 Å². The highest BCUT2D eigenvalue weighted by atomic mass is 35.5. The summed E-state index contributed by atoms with van der Waals surface area (Å²) in [4.78, 5) is 15.0. The molecule has 1 N–H and O–H groups in total. The summed E-state index contributed by atoms with van der Waals surface area (Å²) < 4.78 is 27.7. The molecule has 1 amide bonds. The van der Waals surface area contributed by atoms with Gasteiger partial charge in [0.25, 0.3) is 5.91 Å². The summed E-state index contributed by atoms with van der Waals surface area (Å²) in [6.45, 7) is 4.85. The molecule has 162 valence electrons. The van der Waals surface area contributed by atoms with E-state index in [-0.39, 0.29) is 15.8 Å². The van der Waals surface area contributed by atoms with Crippen molar-refractivity contribution in [3.63, 3.8) is 0 Å². The van der Waals surface area contributed by atoms with Gasteiger partial charge in [-0.2, -0.15) is 4.31 Å². The van der Waals surface area contributed by atoms with Crippen molar-refractivity contribution in [2.45, 2.75) is 56.3 Å². The van der Waals surface area contributed by atoms with Gasteiger partial charge in [-0.1, -0.05) is 30.9 Å². The molecule has 1 aromatic carbocycles. The summed E-state index contributed by atoms with van der Waals surface area (Å²) in [6.07, 6.45) is 8.50. The van der Waals surface area contributed by atoms with Crippen LogP contribution in [0.2, 0.25) is 5.02 Å². The molecule has 0 unspecified atom stereocenters. The first-order chi connectivity index (χ1) is 14.0. The van der Waals surface area contributed by atoms with Crippen molar-refractivity contribution >= 4 is 27.5 Å². The Morgan fingerprint density at radius 1 is 0.966 bits per heavy atom. The van der Waals surface area contributed by atoms with Crippen LogP contribution in [0.15, 0.2) is 23.1 Å². The number of halogens is 1. The second kappa shape index (κ2) is 10.8. The Bertz CT molecular complexity index is 786. The van der Waals surface area contributed by atoms with Crippen molar-refractivity contribution in [2.75, 3.05) is 39.3 Å². The molecular weight excluding hydrogens is 410 g/mol. The smallest absolute Gasteiger partial charge is 0.251 e. The van der Waals surface area contributed by atoms with Gasteiger partial charge in [0.05, 0.1) is 5.02 Å². The third-order valence-electron chi connectivity index (χ3n) is 5.76. The molecule has 29 heavy (non-hydrogen) atoms. The maximum atomic E-state index is 13.1. The van der Waals surface area contributed by atoms with E-state index in [1.165, 1.54) is 35.7 Å². The average Bonchev–Trinajstić information content (AvgIpc) is 3.02. The first-order valence-electron chi connectivity index (χ1n) is 10.8. The van der Waals surface area contributed by atoms with E-state index in [1.807, 2.05) is 0 Å². The molecule has 3 rings (SSSR count). The lowest BCUT2D eigenvalue weighted by atomic mass is 10.1. The first-order valence-corrected chi connectivity index (χ1v) is 12.6.